The highest BCUT2D eigenvalue weighted by Gasteiger charge is 2.39. The predicted molar refractivity (Wildman–Crippen MR) is 107 cm³/mol. The molecule has 0 spiro atoms. The number of para-hydroxylation sites is 1. The molecule has 2 atom stereocenters. The predicted octanol–water partition coefficient (Wildman–Crippen LogP) is 2.97. The average Bonchev–Trinajstić information content (AvgIpc) is 3.29. The van der Waals surface area contributed by atoms with E-state index in [-0.39, 0.29) is 11.7 Å². The van der Waals surface area contributed by atoms with Gasteiger partial charge in [-0.25, -0.2) is 4.39 Å². The molecule has 5 rings (SSSR count). The smallest absolute Gasteiger partial charge is 0.293 e. The van der Waals surface area contributed by atoms with E-state index in [1.807, 2.05) is 41.0 Å². The lowest BCUT2D eigenvalue weighted by Gasteiger charge is -2.25. The van der Waals surface area contributed by atoms with Crippen molar-refractivity contribution in [1.29, 1.82) is 0 Å². The highest BCUT2D eigenvalue weighted by molar-refractivity contribution is 6.01. The van der Waals surface area contributed by atoms with E-state index in [0.717, 1.165) is 49.7 Å². The molecule has 1 amide bonds. The Kier molecular flexibility index (Phi) is 4.60. The van der Waals surface area contributed by atoms with E-state index < -0.39 is 0 Å². The fraction of sp³-hybridized carbons (Fsp3) is 0.318. The first-order valence-corrected chi connectivity index (χ1v) is 9.91. The number of anilines is 1. The van der Waals surface area contributed by atoms with Crippen molar-refractivity contribution in [3.63, 3.8) is 0 Å². The fourth-order valence-corrected chi connectivity index (χ4v) is 4.52. The Bertz CT molecular complexity index is 1030. The molecule has 1 aromatic heterocycles. The Balaban J connectivity index is 1.28. The van der Waals surface area contributed by atoms with Gasteiger partial charge in [-0.2, -0.15) is 0 Å². The van der Waals surface area contributed by atoms with Crippen molar-refractivity contribution in [1.82, 2.24) is 19.7 Å². The van der Waals surface area contributed by atoms with Crippen molar-refractivity contribution < 1.29 is 9.18 Å². The molecule has 29 heavy (non-hydrogen) atoms. The summed E-state index contributed by atoms with van der Waals surface area (Å²) in [4.78, 5) is 15.1. The monoisotopic (exact) mass is 391 g/mol. The largest absolute Gasteiger partial charge is 0.319 e. The summed E-state index contributed by atoms with van der Waals surface area (Å²) in [6.07, 6.45) is 0.815. The van der Waals surface area contributed by atoms with Gasteiger partial charge in [-0.1, -0.05) is 30.3 Å². The number of benzene rings is 2. The van der Waals surface area contributed by atoms with Gasteiger partial charge in [0.2, 0.25) is 5.82 Å². The van der Waals surface area contributed by atoms with Crippen LogP contribution in [0.25, 0.3) is 0 Å². The summed E-state index contributed by atoms with van der Waals surface area (Å²) in [5.74, 6) is 1.74. The van der Waals surface area contributed by atoms with Crippen LogP contribution in [0, 0.1) is 17.7 Å². The number of nitrogens with zero attached hydrogens (tertiary/aromatic N) is 4. The molecule has 0 radical (unpaired) electrons. The number of aromatic nitrogens is 3. The van der Waals surface area contributed by atoms with Crippen LogP contribution in [0.1, 0.15) is 22.0 Å². The molecule has 148 valence electrons. The molecule has 1 fully saturated rings. The van der Waals surface area contributed by atoms with E-state index in [1.165, 1.54) is 6.07 Å². The first-order valence-electron chi connectivity index (χ1n) is 9.91. The second-order valence-electron chi connectivity index (χ2n) is 7.92. The first kappa shape index (κ1) is 18.0. The molecule has 7 heteroatoms. The molecule has 2 aromatic carbocycles. The van der Waals surface area contributed by atoms with Gasteiger partial charge in [-0.05, 0) is 41.7 Å². The molecule has 6 nitrogen and oxygen atoms in total. The van der Waals surface area contributed by atoms with Crippen molar-refractivity contribution in [2.45, 2.75) is 19.5 Å². The van der Waals surface area contributed by atoms with Gasteiger partial charge in [0.15, 0.2) is 0 Å². The van der Waals surface area contributed by atoms with E-state index in [1.54, 1.807) is 12.1 Å². The standard InChI is InChI=1S/C22H22FN5O/c23-18-6-4-5-15(9-18)11-27-12-16-10-20-25-26-21(28(20)14-17(16)13-27)22(29)24-19-7-2-1-3-8-19/h1-9,16-17H,10-14H2,(H,24,29)/t16-,17-/m0/s1. The summed E-state index contributed by atoms with van der Waals surface area (Å²) in [6.45, 7) is 3.37. The van der Waals surface area contributed by atoms with Crippen molar-refractivity contribution in [2.75, 3.05) is 18.4 Å². The van der Waals surface area contributed by atoms with Crippen LogP contribution in [-0.4, -0.2) is 38.7 Å². The van der Waals surface area contributed by atoms with Crippen molar-refractivity contribution in [2.24, 2.45) is 11.8 Å². The molecule has 1 N–H and O–H groups in total. The maximum Gasteiger partial charge on any atom is 0.293 e. The number of hydrogen-bond acceptors (Lipinski definition) is 4. The molecule has 0 bridgehead atoms. The number of fused-ring (bicyclic) bond motifs is 2. The number of hydrogen-bond donors (Lipinski definition) is 1. The van der Waals surface area contributed by atoms with Crippen LogP contribution in [0.15, 0.2) is 54.6 Å². The Hall–Kier alpha value is -3.06. The van der Waals surface area contributed by atoms with Gasteiger partial charge in [0.25, 0.3) is 5.91 Å². The molecule has 3 aromatic rings. The van der Waals surface area contributed by atoms with Crippen molar-refractivity contribution >= 4 is 11.6 Å². The minimum Gasteiger partial charge on any atom is -0.319 e. The van der Waals surface area contributed by atoms with Crippen LogP contribution in [0.3, 0.4) is 0 Å². The zero-order chi connectivity index (χ0) is 19.8. The number of likely N-dealkylation sites (tertiary alicyclic amines) is 1. The lowest BCUT2D eigenvalue weighted by atomic mass is 9.89. The van der Waals surface area contributed by atoms with Crippen molar-refractivity contribution in [3.8, 4) is 0 Å². The molecule has 2 aliphatic rings. The molecule has 2 aliphatic heterocycles. The third-order valence-corrected chi connectivity index (χ3v) is 5.87. The number of nitrogens with one attached hydrogen (secondary N) is 1. The topological polar surface area (TPSA) is 63.1 Å². The third kappa shape index (κ3) is 3.65. The Morgan fingerprint density at radius 3 is 2.69 bits per heavy atom. The van der Waals surface area contributed by atoms with Gasteiger partial charge in [0.1, 0.15) is 11.6 Å². The molecule has 0 aliphatic carbocycles. The zero-order valence-corrected chi connectivity index (χ0v) is 16.0. The number of carbonyl (C=O) groups excluding carboxylic acids is 1. The highest BCUT2D eigenvalue weighted by atomic mass is 19.1. The van der Waals surface area contributed by atoms with E-state index in [2.05, 4.69) is 20.4 Å². The SMILES string of the molecule is O=C(Nc1ccccc1)c1nnc2n1C[C@@H]1CN(Cc3cccc(F)c3)C[C@@H]1C2. The van der Waals surface area contributed by atoms with Gasteiger partial charge in [0, 0.05) is 38.3 Å². The van der Waals surface area contributed by atoms with Gasteiger partial charge in [-0.15, -0.1) is 10.2 Å². The first-order chi connectivity index (χ1) is 14.2. The minimum atomic E-state index is -0.233. The van der Waals surface area contributed by atoms with Crippen molar-refractivity contribution in [3.05, 3.63) is 77.6 Å². The molecular weight excluding hydrogens is 369 g/mol. The van der Waals surface area contributed by atoms with Crippen LogP contribution in [-0.2, 0) is 19.5 Å². The zero-order valence-electron chi connectivity index (χ0n) is 16.0. The lowest BCUT2D eigenvalue weighted by molar-refractivity contribution is 0.100. The molecule has 0 unspecified atom stereocenters. The van der Waals surface area contributed by atoms with Crippen LogP contribution in [0.2, 0.25) is 0 Å². The molecular formula is C22H22FN5O. The summed E-state index contributed by atoms with van der Waals surface area (Å²) in [5, 5.41) is 11.3. The van der Waals surface area contributed by atoms with E-state index in [9.17, 15) is 9.18 Å². The number of halogens is 1. The summed E-state index contributed by atoms with van der Waals surface area (Å²) >= 11 is 0. The highest BCUT2D eigenvalue weighted by Crippen LogP contribution is 2.33. The second-order valence-corrected chi connectivity index (χ2v) is 7.92. The fourth-order valence-electron chi connectivity index (χ4n) is 4.52. The van der Waals surface area contributed by atoms with E-state index >= 15 is 0 Å². The number of carbonyl (C=O) groups is 1. The Labute approximate surface area is 168 Å². The summed E-state index contributed by atoms with van der Waals surface area (Å²) in [6, 6.07) is 16.2. The summed E-state index contributed by atoms with van der Waals surface area (Å²) < 4.78 is 15.4. The second kappa shape index (κ2) is 7.40. The lowest BCUT2D eigenvalue weighted by Crippen LogP contribution is -2.31. The van der Waals surface area contributed by atoms with Gasteiger partial charge in [-0.3, -0.25) is 9.69 Å². The Morgan fingerprint density at radius 2 is 1.86 bits per heavy atom. The van der Waals surface area contributed by atoms with Crippen LogP contribution >= 0.6 is 0 Å². The maximum atomic E-state index is 13.5. The normalized spacial score (nSPS) is 20.9. The summed E-state index contributed by atoms with van der Waals surface area (Å²) in [7, 11) is 0. The van der Waals surface area contributed by atoms with E-state index in [0.29, 0.717) is 17.7 Å². The minimum absolute atomic E-state index is 0.195. The van der Waals surface area contributed by atoms with Crippen LogP contribution in [0.4, 0.5) is 10.1 Å². The van der Waals surface area contributed by atoms with Gasteiger partial charge in [0.05, 0.1) is 0 Å². The molecule has 1 saturated heterocycles. The third-order valence-electron chi connectivity index (χ3n) is 5.87. The number of amides is 1. The van der Waals surface area contributed by atoms with Crippen LogP contribution < -0.4 is 5.32 Å². The molecule has 0 saturated carbocycles. The van der Waals surface area contributed by atoms with E-state index in [4.69, 9.17) is 0 Å². The van der Waals surface area contributed by atoms with Gasteiger partial charge >= 0.3 is 0 Å². The van der Waals surface area contributed by atoms with Gasteiger partial charge < -0.3 is 9.88 Å². The average molecular weight is 391 g/mol. The van der Waals surface area contributed by atoms with Crippen LogP contribution in [0.5, 0.6) is 0 Å². The number of rotatable bonds is 4. The quantitative estimate of drug-likeness (QED) is 0.743. The summed E-state index contributed by atoms with van der Waals surface area (Å²) in [5.41, 5.74) is 1.73. The Morgan fingerprint density at radius 1 is 1.03 bits per heavy atom. The maximum absolute atomic E-state index is 13.5. The molecule has 3 heterocycles.